The molecular weight excluding hydrogens is 338 g/mol. The number of pyridine rings is 1. The fraction of sp³-hybridized carbons (Fsp3) is 0.222. The van der Waals surface area contributed by atoms with E-state index in [2.05, 4.69) is 20.1 Å². The van der Waals surface area contributed by atoms with Gasteiger partial charge in [-0.25, -0.2) is 9.83 Å². The van der Waals surface area contributed by atoms with Crippen molar-refractivity contribution in [3.63, 3.8) is 0 Å². The lowest BCUT2D eigenvalue weighted by molar-refractivity contribution is 0.720. The zero-order chi connectivity index (χ0) is 18.1. The third-order valence-corrected chi connectivity index (χ3v) is 4.38. The topological polar surface area (TPSA) is 64.2 Å². The summed E-state index contributed by atoms with van der Waals surface area (Å²) in [5.74, 6) is 1.02. The summed E-state index contributed by atoms with van der Waals surface area (Å²) in [6.07, 6.45) is 1.49. The fourth-order valence-electron chi connectivity index (χ4n) is 2.77. The van der Waals surface area contributed by atoms with Crippen LogP contribution in [0.1, 0.15) is 24.5 Å². The highest BCUT2D eigenvalue weighted by Gasteiger charge is 2.16. The maximum atomic E-state index is 12.7. The van der Waals surface area contributed by atoms with Crippen molar-refractivity contribution in [2.45, 2.75) is 19.9 Å². The van der Waals surface area contributed by atoms with Crippen molar-refractivity contribution in [3.8, 4) is 0 Å². The molecule has 0 fully saturated rings. The summed E-state index contributed by atoms with van der Waals surface area (Å²) in [4.78, 5) is 24.4. The molecular formula is C18H16ClN5O. The summed E-state index contributed by atoms with van der Waals surface area (Å²) in [5, 5.41) is 4.93. The van der Waals surface area contributed by atoms with E-state index in [1.54, 1.807) is 24.6 Å². The minimum absolute atomic E-state index is 0.156. The molecule has 25 heavy (non-hydrogen) atoms. The van der Waals surface area contributed by atoms with E-state index >= 15 is 0 Å². The number of aromatic nitrogens is 3. The summed E-state index contributed by atoms with van der Waals surface area (Å²) in [6.45, 7) is 10.9. The van der Waals surface area contributed by atoms with E-state index in [-0.39, 0.29) is 11.6 Å². The Balaban J connectivity index is 2.08. The summed E-state index contributed by atoms with van der Waals surface area (Å²) >= 11 is 6.17. The molecule has 0 aliphatic heterocycles. The number of nitrogens with one attached hydrogen (secondary N) is 1. The fourth-order valence-corrected chi connectivity index (χ4v) is 3.04. The Morgan fingerprint density at radius 1 is 1.40 bits per heavy atom. The van der Waals surface area contributed by atoms with Gasteiger partial charge >= 0.3 is 0 Å². The molecule has 0 unspecified atom stereocenters. The molecule has 0 saturated carbocycles. The van der Waals surface area contributed by atoms with E-state index in [9.17, 15) is 4.79 Å². The van der Waals surface area contributed by atoms with Crippen molar-refractivity contribution in [2.75, 3.05) is 5.32 Å². The monoisotopic (exact) mass is 353 g/mol. The first-order valence-corrected chi connectivity index (χ1v) is 8.06. The summed E-state index contributed by atoms with van der Waals surface area (Å²) in [5.41, 5.74) is 0.953. The van der Waals surface area contributed by atoms with E-state index in [1.807, 2.05) is 25.1 Å². The summed E-state index contributed by atoms with van der Waals surface area (Å²) in [7, 11) is 1.71. The zero-order valence-corrected chi connectivity index (χ0v) is 14.8. The SMILES string of the molecule is [C-]#[N+]c1cnc(C)nc1N[C@@H](C)c1cc2cccc(Cl)c2c(=O)n1C. The van der Waals surface area contributed by atoms with E-state index in [0.29, 0.717) is 27.7 Å². The van der Waals surface area contributed by atoms with Crippen molar-refractivity contribution >= 4 is 33.9 Å². The molecule has 0 bridgehead atoms. The first-order chi connectivity index (χ1) is 11.9. The molecule has 0 saturated heterocycles. The Labute approximate surface area is 149 Å². The maximum Gasteiger partial charge on any atom is 0.259 e. The van der Waals surface area contributed by atoms with E-state index in [0.717, 1.165) is 11.1 Å². The lowest BCUT2D eigenvalue weighted by atomic mass is 10.1. The van der Waals surface area contributed by atoms with Crippen LogP contribution in [-0.2, 0) is 7.05 Å². The van der Waals surface area contributed by atoms with Crippen molar-refractivity contribution in [1.82, 2.24) is 14.5 Å². The van der Waals surface area contributed by atoms with Gasteiger partial charge in [0.05, 0.1) is 23.0 Å². The molecule has 6 nitrogen and oxygen atoms in total. The highest BCUT2D eigenvalue weighted by atomic mass is 35.5. The second kappa shape index (κ2) is 6.54. The second-order valence-electron chi connectivity index (χ2n) is 5.77. The highest BCUT2D eigenvalue weighted by molar-refractivity contribution is 6.35. The van der Waals surface area contributed by atoms with Crippen LogP contribution in [0.15, 0.2) is 35.3 Å². The van der Waals surface area contributed by atoms with Gasteiger partial charge in [-0.15, -0.1) is 0 Å². The van der Waals surface area contributed by atoms with Crippen LogP contribution in [0.4, 0.5) is 11.5 Å². The Hall–Kier alpha value is -2.91. The number of aryl methyl sites for hydroxylation is 1. The molecule has 2 aromatic heterocycles. The molecule has 0 aliphatic carbocycles. The number of nitrogens with zero attached hydrogens (tertiary/aromatic N) is 4. The predicted octanol–water partition coefficient (Wildman–Crippen LogP) is 4.01. The molecule has 126 valence electrons. The first-order valence-electron chi connectivity index (χ1n) is 7.68. The molecule has 3 rings (SSSR count). The normalized spacial score (nSPS) is 12.0. The van der Waals surface area contributed by atoms with Crippen molar-refractivity contribution in [2.24, 2.45) is 7.05 Å². The van der Waals surface area contributed by atoms with Gasteiger partial charge in [-0.2, -0.15) is 0 Å². The second-order valence-corrected chi connectivity index (χ2v) is 6.17. The summed E-state index contributed by atoms with van der Waals surface area (Å²) < 4.78 is 1.57. The van der Waals surface area contributed by atoms with E-state index < -0.39 is 0 Å². The molecule has 2 heterocycles. The first kappa shape index (κ1) is 16.9. The third-order valence-electron chi connectivity index (χ3n) is 4.06. The van der Waals surface area contributed by atoms with Gasteiger partial charge in [-0.3, -0.25) is 9.78 Å². The van der Waals surface area contributed by atoms with Crippen molar-refractivity contribution in [3.05, 3.63) is 68.8 Å². The van der Waals surface area contributed by atoms with Crippen LogP contribution < -0.4 is 10.9 Å². The molecule has 0 spiro atoms. The number of benzene rings is 1. The molecule has 1 atom stereocenters. The highest BCUT2D eigenvalue weighted by Crippen LogP contribution is 2.27. The predicted molar refractivity (Wildman–Crippen MR) is 99.3 cm³/mol. The Kier molecular flexibility index (Phi) is 4.43. The van der Waals surface area contributed by atoms with Gasteiger partial charge in [0.2, 0.25) is 5.69 Å². The number of halogens is 1. The Morgan fingerprint density at radius 3 is 2.88 bits per heavy atom. The summed E-state index contributed by atoms with van der Waals surface area (Å²) in [6, 6.07) is 7.06. The lowest BCUT2D eigenvalue weighted by Crippen LogP contribution is -2.24. The number of rotatable bonds is 3. The number of anilines is 1. The van der Waals surface area contributed by atoms with Crippen LogP contribution in [0.3, 0.4) is 0 Å². The van der Waals surface area contributed by atoms with Gasteiger partial charge in [0, 0.05) is 18.9 Å². The number of hydrogen-bond donors (Lipinski definition) is 1. The van der Waals surface area contributed by atoms with Crippen LogP contribution in [0, 0.1) is 13.5 Å². The van der Waals surface area contributed by atoms with Crippen LogP contribution >= 0.6 is 11.6 Å². The average molecular weight is 354 g/mol. The average Bonchev–Trinajstić information content (AvgIpc) is 2.58. The van der Waals surface area contributed by atoms with Gasteiger partial charge in [0.1, 0.15) is 11.6 Å². The van der Waals surface area contributed by atoms with Gasteiger partial charge in [-0.05, 0) is 31.4 Å². The van der Waals surface area contributed by atoms with E-state index in [1.165, 1.54) is 6.20 Å². The smallest absolute Gasteiger partial charge is 0.259 e. The minimum atomic E-state index is -0.240. The lowest BCUT2D eigenvalue weighted by Gasteiger charge is -2.20. The van der Waals surface area contributed by atoms with Crippen LogP contribution in [0.5, 0.6) is 0 Å². The zero-order valence-electron chi connectivity index (χ0n) is 14.0. The minimum Gasteiger partial charge on any atom is -0.371 e. The molecule has 0 aliphatic rings. The number of fused-ring (bicyclic) bond motifs is 1. The third kappa shape index (κ3) is 3.06. The maximum absolute atomic E-state index is 12.7. The van der Waals surface area contributed by atoms with Crippen LogP contribution in [-0.4, -0.2) is 14.5 Å². The quantitative estimate of drug-likeness (QED) is 0.722. The molecule has 1 N–H and O–H groups in total. The van der Waals surface area contributed by atoms with Crippen molar-refractivity contribution in [1.29, 1.82) is 0 Å². The van der Waals surface area contributed by atoms with Crippen LogP contribution in [0.25, 0.3) is 15.6 Å². The van der Waals surface area contributed by atoms with E-state index in [4.69, 9.17) is 18.2 Å². The van der Waals surface area contributed by atoms with Gasteiger partial charge in [0.15, 0.2) is 0 Å². The molecule has 1 aromatic carbocycles. The van der Waals surface area contributed by atoms with Gasteiger partial charge < -0.3 is 9.88 Å². The largest absolute Gasteiger partial charge is 0.371 e. The van der Waals surface area contributed by atoms with Gasteiger partial charge in [-0.1, -0.05) is 23.7 Å². The Bertz CT molecular complexity index is 1070. The van der Waals surface area contributed by atoms with Crippen molar-refractivity contribution < 1.29 is 0 Å². The van der Waals surface area contributed by atoms with Gasteiger partial charge in [0.25, 0.3) is 5.56 Å². The van der Waals surface area contributed by atoms with Crippen LogP contribution in [0.2, 0.25) is 5.02 Å². The Morgan fingerprint density at radius 2 is 2.16 bits per heavy atom. The molecule has 0 amide bonds. The molecule has 7 heteroatoms. The standard InChI is InChI=1S/C18H16ClN5O/c1-10(22-17-14(20-3)9-21-11(2)23-17)15-8-12-6-5-7-13(19)16(12)18(25)24(15)4/h5-10H,1-2,4H3,(H,21,22,23)/t10-/m0/s1. The molecule has 3 aromatic rings. The molecule has 0 radical (unpaired) electrons. The number of hydrogen-bond acceptors (Lipinski definition) is 4.